The Bertz CT molecular complexity index is 208. The smallest absolute Gasteiger partial charge is 0.326 e. The van der Waals surface area contributed by atoms with Gasteiger partial charge in [-0.1, -0.05) is 0 Å². The topological polar surface area (TPSA) is 67.8 Å². The maximum absolute atomic E-state index is 11.1. The summed E-state index contributed by atoms with van der Waals surface area (Å²) in [5.74, 6) is -0.905. The molecule has 16 heavy (non-hydrogen) atoms. The van der Waals surface area contributed by atoms with E-state index in [0.717, 1.165) is 0 Å². The van der Waals surface area contributed by atoms with Crippen molar-refractivity contribution in [1.29, 1.82) is 0 Å². The minimum absolute atomic E-state index is 0.0941. The fourth-order valence-electron chi connectivity index (χ4n) is 1.34. The molecule has 0 radical (unpaired) electrons. The summed E-state index contributed by atoms with van der Waals surface area (Å²) in [5.41, 5.74) is -1.04. The molecule has 5 heteroatoms. The van der Waals surface area contributed by atoms with Gasteiger partial charge in [-0.25, -0.2) is 0 Å². The number of aliphatic carboxylic acids is 1. The molecule has 0 aromatic heterocycles. The Kier molecular flexibility index (Phi) is 7.29. The van der Waals surface area contributed by atoms with E-state index in [9.17, 15) is 4.79 Å². The monoisotopic (exact) mass is 233 g/mol. The highest BCUT2D eigenvalue weighted by molar-refractivity contribution is 5.78. The van der Waals surface area contributed by atoms with Crippen molar-refractivity contribution < 1.29 is 19.4 Å². The highest BCUT2D eigenvalue weighted by atomic mass is 16.5. The SMILES string of the molecule is CCOCCOCC(C)(NC(C)C)C(=O)O. The van der Waals surface area contributed by atoms with Gasteiger partial charge in [0.2, 0.25) is 0 Å². The number of ether oxygens (including phenoxy) is 2. The van der Waals surface area contributed by atoms with Gasteiger partial charge in [0.1, 0.15) is 5.54 Å². The molecule has 0 rings (SSSR count). The largest absolute Gasteiger partial charge is 0.480 e. The lowest BCUT2D eigenvalue weighted by molar-refractivity contribution is -0.147. The molecule has 0 fully saturated rings. The molecule has 0 heterocycles. The fraction of sp³-hybridized carbons (Fsp3) is 0.909. The molecular weight excluding hydrogens is 210 g/mol. The second kappa shape index (κ2) is 7.60. The van der Waals surface area contributed by atoms with Gasteiger partial charge in [-0.05, 0) is 27.7 Å². The summed E-state index contributed by atoms with van der Waals surface area (Å²) in [4.78, 5) is 11.1. The molecular formula is C11H23NO4. The lowest BCUT2D eigenvalue weighted by atomic mass is 10.0. The average Bonchev–Trinajstić information content (AvgIpc) is 2.16. The summed E-state index contributed by atoms with van der Waals surface area (Å²) in [6, 6.07) is 0.0941. The molecule has 0 aliphatic carbocycles. The second-order valence-corrected chi connectivity index (χ2v) is 4.19. The second-order valence-electron chi connectivity index (χ2n) is 4.19. The van der Waals surface area contributed by atoms with Crippen LogP contribution < -0.4 is 5.32 Å². The molecule has 96 valence electrons. The van der Waals surface area contributed by atoms with Crippen molar-refractivity contribution in [1.82, 2.24) is 5.32 Å². The van der Waals surface area contributed by atoms with E-state index in [0.29, 0.717) is 19.8 Å². The van der Waals surface area contributed by atoms with Gasteiger partial charge in [0.05, 0.1) is 19.8 Å². The van der Waals surface area contributed by atoms with E-state index in [1.165, 1.54) is 0 Å². The molecule has 0 amide bonds. The van der Waals surface area contributed by atoms with E-state index >= 15 is 0 Å². The van der Waals surface area contributed by atoms with Crippen molar-refractivity contribution in [2.24, 2.45) is 0 Å². The lowest BCUT2D eigenvalue weighted by Gasteiger charge is -2.28. The first kappa shape index (κ1) is 15.3. The van der Waals surface area contributed by atoms with Gasteiger partial charge in [0.25, 0.3) is 0 Å². The predicted molar refractivity (Wildman–Crippen MR) is 61.6 cm³/mol. The summed E-state index contributed by atoms with van der Waals surface area (Å²) in [6.45, 7) is 9.02. The van der Waals surface area contributed by atoms with Crippen LogP contribution in [0.15, 0.2) is 0 Å². The lowest BCUT2D eigenvalue weighted by Crippen LogP contribution is -2.55. The number of hydrogen-bond donors (Lipinski definition) is 2. The van der Waals surface area contributed by atoms with E-state index in [-0.39, 0.29) is 12.6 Å². The van der Waals surface area contributed by atoms with E-state index in [1.54, 1.807) is 6.92 Å². The van der Waals surface area contributed by atoms with Crippen molar-refractivity contribution in [3.8, 4) is 0 Å². The van der Waals surface area contributed by atoms with Crippen molar-refractivity contribution in [3.05, 3.63) is 0 Å². The van der Waals surface area contributed by atoms with E-state index in [4.69, 9.17) is 14.6 Å². The van der Waals surface area contributed by atoms with Gasteiger partial charge in [-0.3, -0.25) is 10.1 Å². The molecule has 1 atom stereocenters. The highest BCUT2D eigenvalue weighted by Crippen LogP contribution is 2.06. The molecule has 2 N–H and O–H groups in total. The summed E-state index contributed by atoms with van der Waals surface area (Å²) < 4.78 is 10.4. The molecule has 0 bridgehead atoms. The quantitative estimate of drug-likeness (QED) is 0.579. The number of carbonyl (C=O) groups is 1. The van der Waals surface area contributed by atoms with Gasteiger partial charge < -0.3 is 14.6 Å². The Balaban J connectivity index is 3.98. The minimum Gasteiger partial charge on any atom is -0.480 e. The number of nitrogens with one attached hydrogen (secondary N) is 1. The summed E-state index contributed by atoms with van der Waals surface area (Å²) in [5, 5.41) is 12.1. The number of carboxylic acid groups (broad SMARTS) is 1. The Labute approximate surface area is 97.1 Å². The molecule has 0 aromatic rings. The molecule has 0 aliphatic heterocycles. The third-order valence-corrected chi connectivity index (χ3v) is 2.05. The van der Waals surface area contributed by atoms with Gasteiger partial charge in [-0.2, -0.15) is 0 Å². The standard InChI is InChI=1S/C11H23NO4/c1-5-15-6-7-16-8-11(4,10(13)14)12-9(2)3/h9,12H,5-8H2,1-4H3,(H,13,14). The van der Waals surface area contributed by atoms with E-state index < -0.39 is 11.5 Å². The van der Waals surface area contributed by atoms with Crippen molar-refractivity contribution in [3.63, 3.8) is 0 Å². The van der Waals surface area contributed by atoms with Crippen molar-refractivity contribution >= 4 is 5.97 Å². The minimum atomic E-state index is -1.04. The Morgan fingerprint density at radius 3 is 2.38 bits per heavy atom. The molecule has 0 aliphatic rings. The normalized spacial score (nSPS) is 15.1. The summed E-state index contributed by atoms with van der Waals surface area (Å²) >= 11 is 0. The molecule has 0 spiro atoms. The molecule has 1 unspecified atom stereocenters. The molecule has 0 saturated carbocycles. The number of rotatable bonds is 9. The van der Waals surface area contributed by atoms with Gasteiger partial charge in [0.15, 0.2) is 0 Å². The van der Waals surface area contributed by atoms with Crippen LogP contribution in [0.25, 0.3) is 0 Å². The van der Waals surface area contributed by atoms with Gasteiger partial charge >= 0.3 is 5.97 Å². The zero-order chi connectivity index (χ0) is 12.6. The average molecular weight is 233 g/mol. The number of carboxylic acids is 1. The molecule has 5 nitrogen and oxygen atoms in total. The Morgan fingerprint density at radius 1 is 1.38 bits per heavy atom. The third-order valence-electron chi connectivity index (χ3n) is 2.05. The zero-order valence-corrected chi connectivity index (χ0v) is 10.6. The number of hydrogen-bond acceptors (Lipinski definition) is 4. The van der Waals surface area contributed by atoms with Crippen LogP contribution in [0.4, 0.5) is 0 Å². The van der Waals surface area contributed by atoms with Gasteiger partial charge in [-0.15, -0.1) is 0 Å². The zero-order valence-electron chi connectivity index (χ0n) is 10.6. The summed E-state index contributed by atoms with van der Waals surface area (Å²) in [7, 11) is 0. The van der Waals surface area contributed by atoms with Crippen molar-refractivity contribution in [2.75, 3.05) is 26.4 Å². The van der Waals surface area contributed by atoms with Crippen LogP contribution in [-0.2, 0) is 14.3 Å². The van der Waals surface area contributed by atoms with E-state index in [2.05, 4.69) is 5.32 Å². The van der Waals surface area contributed by atoms with Crippen LogP contribution in [0, 0.1) is 0 Å². The first-order valence-corrected chi connectivity index (χ1v) is 5.59. The van der Waals surface area contributed by atoms with Crippen LogP contribution in [0.1, 0.15) is 27.7 Å². The first-order chi connectivity index (χ1) is 7.42. The van der Waals surface area contributed by atoms with E-state index in [1.807, 2.05) is 20.8 Å². The van der Waals surface area contributed by atoms with Crippen molar-refractivity contribution in [2.45, 2.75) is 39.3 Å². The Hall–Kier alpha value is -0.650. The van der Waals surface area contributed by atoms with Crippen LogP contribution in [0.5, 0.6) is 0 Å². The molecule has 0 saturated heterocycles. The third kappa shape index (κ3) is 6.05. The van der Waals surface area contributed by atoms with Crippen LogP contribution >= 0.6 is 0 Å². The molecule has 0 aromatic carbocycles. The predicted octanol–water partition coefficient (Wildman–Crippen LogP) is 0.881. The summed E-state index contributed by atoms with van der Waals surface area (Å²) in [6.07, 6.45) is 0. The fourth-order valence-corrected chi connectivity index (χ4v) is 1.34. The first-order valence-electron chi connectivity index (χ1n) is 5.59. The maximum Gasteiger partial charge on any atom is 0.326 e. The van der Waals surface area contributed by atoms with Crippen LogP contribution in [0.3, 0.4) is 0 Å². The Morgan fingerprint density at radius 2 is 1.94 bits per heavy atom. The van der Waals surface area contributed by atoms with Gasteiger partial charge in [0, 0.05) is 12.6 Å². The maximum atomic E-state index is 11.1. The van der Waals surface area contributed by atoms with Crippen LogP contribution in [0.2, 0.25) is 0 Å². The van der Waals surface area contributed by atoms with Crippen LogP contribution in [-0.4, -0.2) is 49.1 Å². The highest BCUT2D eigenvalue weighted by Gasteiger charge is 2.33.